The monoisotopic (exact) mass is 346 g/mol. The second-order valence-electron chi connectivity index (χ2n) is 5.68. The molecular weight excluding hydrogens is 328 g/mol. The van der Waals surface area contributed by atoms with Gasteiger partial charge in [-0.05, 0) is 35.4 Å². The Kier molecular flexibility index (Phi) is 4.64. The largest absolute Gasteiger partial charge is 0.493 e. The number of β-lactam (4-membered cyclic amide) rings is 1. The van der Waals surface area contributed by atoms with Crippen LogP contribution in [0.3, 0.4) is 0 Å². The van der Waals surface area contributed by atoms with E-state index < -0.39 is 6.04 Å². The number of likely N-dealkylation sites (tertiary alicyclic amines) is 1. The molecule has 0 spiro atoms. The second-order valence-corrected chi connectivity index (χ2v) is 6.12. The van der Waals surface area contributed by atoms with Crippen molar-refractivity contribution in [2.75, 3.05) is 14.2 Å². The molecule has 0 aromatic heterocycles. The van der Waals surface area contributed by atoms with Gasteiger partial charge in [0.25, 0.3) is 0 Å². The third-order valence-corrected chi connectivity index (χ3v) is 4.47. The van der Waals surface area contributed by atoms with Gasteiger partial charge in [-0.25, -0.2) is 0 Å². The number of benzene rings is 2. The van der Waals surface area contributed by atoms with Gasteiger partial charge in [-0.3, -0.25) is 4.79 Å². The fourth-order valence-electron chi connectivity index (χ4n) is 3.01. The smallest absolute Gasteiger partial charge is 0.242 e. The predicted octanol–water partition coefficient (Wildman–Crippen LogP) is 2.77. The van der Waals surface area contributed by atoms with Crippen LogP contribution in [-0.2, 0) is 11.3 Å². The highest BCUT2D eigenvalue weighted by molar-refractivity contribution is 6.30. The van der Waals surface area contributed by atoms with E-state index in [-0.39, 0.29) is 11.9 Å². The average molecular weight is 347 g/mol. The van der Waals surface area contributed by atoms with Gasteiger partial charge in [0.15, 0.2) is 11.5 Å². The van der Waals surface area contributed by atoms with Crippen LogP contribution in [0.2, 0.25) is 5.02 Å². The fourth-order valence-corrected chi connectivity index (χ4v) is 3.20. The Balaban J connectivity index is 1.84. The maximum absolute atomic E-state index is 12.2. The van der Waals surface area contributed by atoms with Crippen LogP contribution in [0.4, 0.5) is 0 Å². The maximum atomic E-state index is 12.2. The summed E-state index contributed by atoms with van der Waals surface area (Å²) in [5, 5.41) is 0.630. The van der Waals surface area contributed by atoms with Gasteiger partial charge in [0.2, 0.25) is 5.91 Å². The van der Waals surface area contributed by atoms with Gasteiger partial charge in [-0.15, -0.1) is 0 Å². The molecule has 1 fully saturated rings. The summed E-state index contributed by atoms with van der Waals surface area (Å²) in [6.45, 7) is 0.448. The molecule has 126 valence electrons. The molecule has 2 aromatic rings. The highest BCUT2D eigenvalue weighted by Gasteiger charge is 2.45. The van der Waals surface area contributed by atoms with E-state index in [0.717, 1.165) is 11.1 Å². The first-order chi connectivity index (χ1) is 11.5. The zero-order chi connectivity index (χ0) is 17.3. The van der Waals surface area contributed by atoms with Crippen LogP contribution < -0.4 is 15.2 Å². The quantitative estimate of drug-likeness (QED) is 0.845. The first-order valence-electron chi connectivity index (χ1n) is 7.57. The van der Waals surface area contributed by atoms with Crippen molar-refractivity contribution in [2.24, 2.45) is 5.73 Å². The molecule has 5 nitrogen and oxygen atoms in total. The number of nitrogens with two attached hydrogens (primary N) is 1. The summed E-state index contributed by atoms with van der Waals surface area (Å²) in [5.41, 5.74) is 7.90. The highest BCUT2D eigenvalue weighted by Crippen LogP contribution is 2.37. The van der Waals surface area contributed by atoms with Crippen molar-refractivity contribution in [1.82, 2.24) is 4.90 Å². The van der Waals surface area contributed by atoms with E-state index in [4.69, 9.17) is 26.8 Å². The molecule has 1 heterocycles. The number of carbonyl (C=O) groups excluding carboxylic acids is 1. The maximum Gasteiger partial charge on any atom is 0.242 e. The number of amides is 1. The molecule has 3 rings (SSSR count). The number of hydrogen-bond donors (Lipinski definition) is 1. The Morgan fingerprint density at radius 1 is 1.12 bits per heavy atom. The van der Waals surface area contributed by atoms with Gasteiger partial charge >= 0.3 is 0 Å². The second kappa shape index (κ2) is 6.71. The molecule has 1 amide bonds. The SMILES string of the molecule is COc1ccc(CN2C(=O)[C@@H](N)[C@H]2c2cccc(Cl)c2)cc1OC. The third kappa shape index (κ3) is 2.92. The summed E-state index contributed by atoms with van der Waals surface area (Å²) in [6, 6.07) is 12.3. The Hall–Kier alpha value is -2.24. The van der Waals surface area contributed by atoms with Gasteiger partial charge in [-0.1, -0.05) is 29.8 Å². The van der Waals surface area contributed by atoms with E-state index in [1.807, 2.05) is 36.4 Å². The summed E-state index contributed by atoms with van der Waals surface area (Å²) in [5.74, 6) is 1.21. The fraction of sp³-hybridized carbons (Fsp3) is 0.278. The van der Waals surface area contributed by atoms with Crippen LogP contribution in [0.5, 0.6) is 11.5 Å². The standard InChI is InChI=1S/C18H19ClN2O3/c1-23-14-7-6-11(8-15(14)24-2)10-21-17(16(20)18(21)22)12-4-3-5-13(19)9-12/h3-9,16-17H,10,20H2,1-2H3/t16-,17+/m0/s1. The molecule has 24 heavy (non-hydrogen) atoms. The van der Waals surface area contributed by atoms with Gasteiger partial charge in [0, 0.05) is 11.6 Å². The van der Waals surface area contributed by atoms with Gasteiger partial charge in [-0.2, -0.15) is 0 Å². The molecular formula is C18H19ClN2O3. The van der Waals surface area contributed by atoms with Crippen LogP contribution in [-0.4, -0.2) is 31.1 Å². The summed E-state index contributed by atoms with van der Waals surface area (Å²) in [7, 11) is 3.17. The summed E-state index contributed by atoms with van der Waals surface area (Å²) < 4.78 is 10.6. The molecule has 0 saturated carbocycles. The normalized spacial score (nSPS) is 19.8. The van der Waals surface area contributed by atoms with E-state index in [0.29, 0.717) is 23.1 Å². The molecule has 1 aliphatic rings. The lowest BCUT2D eigenvalue weighted by molar-refractivity contribution is -0.150. The summed E-state index contributed by atoms with van der Waals surface area (Å²) in [4.78, 5) is 14.0. The zero-order valence-electron chi connectivity index (χ0n) is 13.5. The van der Waals surface area contributed by atoms with Crippen LogP contribution in [0, 0.1) is 0 Å². The van der Waals surface area contributed by atoms with Crippen LogP contribution in [0.1, 0.15) is 17.2 Å². The minimum absolute atomic E-state index is 0.0743. The Bertz CT molecular complexity index is 766. The first kappa shape index (κ1) is 16.6. The number of ether oxygens (including phenoxy) is 2. The Morgan fingerprint density at radius 2 is 1.88 bits per heavy atom. The van der Waals surface area contributed by atoms with Gasteiger partial charge in [0.1, 0.15) is 6.04 Å². The van der Waals surface area contributed by atoms with Crippen LogP contribution in [0.15, 0.2) is 42.5 Å². The summed E-state index contributed by atoms with van der Waals surface area (Å²) in [6.07, 6.45) is 0. The molecule has 2 N–H and O–H groups in total. The molecule has 2 aromatic carbocycles. The first-order valence-corrected chi connectivity index (χ1v) is 7.95. The van der Waals surface area contributed by atoms with E-state index in [9.17, 15) is 4.79 Å². The van der Waals surface area contributed by atoms with Crippen LogP contribution >= 0.6 is 11.6 Å². The molecule has 6 heteroatoms. The minimum atomic E-state index is -0.538. The molecule has 0 unspecified atom stereocenters. The van der Waals surface area contributed by atoms with Gasteiger partial charge in [0.05, 0.1) is 20.3 Å². The topological polar surface area (TPSA) is 64.8 Å². The van der Waals surface area contributed by atoms with E-state index in [2.05, 4.69) is 0 Å². The Morgan fingerprint density at radius 3 is 2.54 bits per heavy atom. The van der Waals surface area contributed by atoms with Crippen molar-refractivity contribution in [1.29, 1.82) is 0 Å². The van der Waals surface area contributed by atoms with Gasteiger partial charge < -0.3 is 20.1 Å². The van der Waals surface area contributed by atoms with Crippen molar-refractivity contribution >= 4 is 17.5 Å². The molecule has 2 atom stereocenters. The summed E-state index contributed by atoms with van der Waals surface area (Å²) >= 11 is 6.06. The van der Waals surface area contributed by atoms with E-state index >= 15 is 0 Å². The average Bonchev–Trinajstić information content (AvgIpc) is 2.60. The van der Waals surface area contributed by atoms with Crippen molar-refractivity contribution in [3.05, 3.63) is 58.6 Å². The number of rotatable bonds is 5. The van der Waals surface area contributed by atoms with E-state index in [1.165, 1.54) is 0 Å². The number of halogens is 1. The van der Waals surface area contributed by atoms with E-state index in [1.54, 1.807) is 25.2 Å². The molecule has 1 saturated heterocycles. The minimum Gasteiger partial charge on any atom is -0.493 e. The Labute approximate surface area is 145 Å². The number of nitrogens with zero attached hydrogens (tertiary/aromatic N) is 1. The number of carbonyl (C=O) groups is 1. The lowest BCUT2D eigenvalue weighted by Crippen LogP contribution is -2.62. The highest BCUT2D eigenvalue weighted by atomic mass is 35.5. The van der Waals surface area contributed by atoms with Crippen molar-refractivity contribution in [3.8, 4) is 11.5 Å². The van der Waals surface area contributed by atoms with Crippen molar-refractivity contribution < 1.29 is 14.3 Å². The predicted molar refractivity (Wildman–Crippen MR) is 92.3 cm³/mol. The lowest BCUT2D eigenvalue weighted by atomic mass is 9.88. The molecule has 0 aliphatic carbocycles. The molecule has 1 aliphatic heterocycles. The third-order valence-electron chi connectivity index (χ3n) is 4.24. The zero-order valence-corrected chi connectivity index (χ0v) is 14.3. The number of hydrogen-bond acceptors (Lipinski definition) is 4. The number of methoxy groups -OCH3 is 2. The van der Waals surface area contributed by atoms with Crippen molar-refractivity contribution in [2.45, 2.75) is 18.6 Å². The van der Waals surface area contributed by atoms with Crippen LogP contribution in [0.25, 0.3) is 0 Å². The van der Waals surface area contributed by atoms with Crippen molar-refractivity contribution in [3.63, 3.8) is 0 Å². The molecule has 0 bridgehead atoms. The molecule has 0 radical (unpaired) electrons. The lowest BCUT2D eigenvalue weighted by Gasteiger charge is -2.46.